The Morgan fingerprint density at radius 2 is 1.81 bits per heavy atom. The third-order valence-electron chi connectivity index (χ3n) is 2.54. The summed E-state index contributed by atoms with van der Waals surface area (Å²) in [5.41, 5.74) is 0.0818. The Morgan fingerprint density at radius 3 is 2.48 bits per heavy atom. The zero-order valence-corrected chi connectivity index (χ0v) is 12.7. The maximum absolute atomic E-state index is 12.3. The van der Waals surface area contributed by atoms with E-state index in [1.54, 1.807) is 0 Å². The summed E-state index contributed by atoms with van der Waals surface area (Å²) < 4.78 is 26.8. The molecular formula is C13H9Cl2NO4S. The van der Waals surface area contributed by atoms with Crippen LogP contribution < -0.4 is 4.72 Å². The van der Waals surface area contributed by atoms with E-state index >= 15 is 0 Å². The van der Waals surface area contributed by atoms with E-state index in [1.165, 1.54) is 42.5 Å². The van der Waals surface area contributed by atoms with Crippen LogP contribution in [0.25, 0.3) is 0 Å². The van der Waals surface area contributed by atoms with Crippen molar-refractivity contribution in [2.24, 2.45) is 0 Å². The van der Waals surface area contributed by atoms with E-state index in [0.717, 1.165) is 0 Å². The van der Waals surface area contributed by atoms with Gasteiger partial charge < -0.3 is 5.11 Å². The molecule has 110 valence electrons. The van der Waals surface area contributed by atoms with Gasteiger partial charge in [0.2, 0.25) is 0 Å². The van der Waals surface area contributed by atoms with Crippen molar-refractivity contribution in [3.63, 3.8) is 0 Å². The number of hydrogen-bond acceptors (Lipinski definition) is 3. The Morgan fingerprint density at radius 1 is 1.10 bits per heavy atom. The highest BCUT2D eigenvalue weighted by molar-refractivity contribution is 7.92. The standard InChI is InChI=1S/C13H9Cl2NO4S/c14-9-4-5-11(15)12(7-9)21(19,20)16-10-3-1-2-8(6-10)13(17)18/h1-7,16H,(H,17,18). The van der Waals surface area contributed by atoms with Crippen LogP contribution in [-0.2, 0) is 10.0 Å². The molecule has 0 saturated heterocycles. The molecule has 0 aliphatic carbocycles. The molecule has 2 N–H and O–H groups in total. The normalized spacial score (nSPS) is 11.1. The number of carboxylic acid groups (broad SMARTS) is 1. The van der Waals surface area contributed by atoms with Gasteiger partial charge in [-0.15, -0.1) is 0 Å². The minimum absolute atomic E-state index is 0.0151. The van der Waals surface area contributed by atoms with Crippen molar-refractivity contribution in [2.45, 2.75) is 4.90 Å². The van der Waals surface area contributed by atoms with Crippen molar-refractivity contribution in [3.8, 4) is 0 Å². The van der Waals surface area contributed by atoms with Gasteiger partial charge in [-0.3, -0.25) is 4.72 Å². The third-order valence-corrected chi connectivity index (χ3v) is 4.64. The summed E-state index contributed by atoms with van der Waals surface area (Å²) in [7, 11) is -3.97. The van der Waals surface area contributed by atoms with E-state index in [-0.39, 0.29) is 26.2 Å². The van der Waals surface area contributed by atoms with Gasteiger partial charge in [0.1, 0.15) is 4.90 Å². The monoisotopic (exact) mass is 345 g/mol. The maximum atomic E-state index is 12.3. The smallest absolute Gasteiger partial charge is 0.335 e. The summed E-state index contributed by atoms with van der Waals surface area (Å²) >= 11 is 11.6. The van der Waals surface area contributed by atoms with Crippen molar-refractivity contribution in [1.29, 1.82) is 0 Å². The lowest BCUT2D eigenvalue weighted by atomic mass is 10.2. The Labute approximate surface area is 131 Å². The van der Waals surface area contributed by atoms with Gasteiger partial charge in [0.25, 0.3) is 10.0 Å². The summed E-state index contributed by atoms with van der Waals surface area (Å²) in [5, 5.41) is 9.13. The molecule has 0 heterocycles. The van der Waals surface area contributed by atoms with E-state index in [1.807, 2.05) is 0 Å². The van der Waals surface area contributed by atoms with Crippen LogP contribution in [0.15, 0.2) is 47.4 Å². The molecule has 21 heavy (non-hydrogen) atoms. The number of aromatic carboxylic acids is 1. The molecular weight excluding hydrogens is 337 g/mol. The predicted octanol–water partition coefficient (Wildman–Crippen LogP) is 3.49. The van der Waals surface area contributed by atoms with Crippen molar-refractivity contribution in [2.75, 3.05) is 4.72 Å². The Hall–Kier alpha value is -1.76. The lowest BCUT2D eigenvalue weighted by Crippen LogP contribution is -2.14. The van der Waals surface area contributed by atoms with Crippen molar-refractivity contribution in [1.82, 2.24) is 0 Å². The van der Waals surface area contributed by atoms with Crippen molar-refractivity contribution in [3.05, 3.63) is 58.1 Å². The average Bonchev–Trinajstić information content (AvgIpc) is 2.41. The molecule has 0 aliphatic heterocycles. The van der Waals surface area contributed by atoms with Crippen molar-refractivity contribution < 1.29 is 18.3 Å². The van der Waals surface area contributed by atoms with Crippen LogP contribution in [0.1, 0.15) is 10.4 Å². The van der Waals surface area contributed by atoms with Gasteiger partial charge in [0.05, 0.1) is 10.6 Å². The van der Waals surface area contributed by atoms with Gasteiger partial charge in [-0.05, 0) is 36.4 Å². The number of carbonyl (C=O) groups is 1. The lowest BCUT2D eigenvalue weighted by molar-refractivity contribution is 0.0697. The highest BCUT2D eigenvalue weighted by Gasteiger charge is 2.19. The number of halogens is 2. The number of hydrogen-bond donors (Lipinski definition) is 2. The molecule has 0 radical (unpaired) electrons. The SMILES string of the molecule is O=C(O)c1cccc(NS(=O)(=O)c2cc(Cl)ccc2Cl)c1. The molecule has 0 fully saturated rings. The summed E-state index contributed by atoms with van der Waals surface area (Å²) in [6.07, 6.45) is 0. The van der Waals surface area contributed by atoms with Gasteiger partial charge in [0, 0.05) is 10.7 Å². The minimum atomic E-state index is -3.97. The molecule has 2 aromatic rings. The topological polar surface area (TPSA) is 83.5 Å². The summed E-state index contributed by atoms with van der Waals surface area (Å²) in [4.78, 5) is 10.7. The molecule has 8 heteroatoms. The molecule has 0 unspecified atom stereocenters. The van der Waals surface area contributed by atoms with Crippen LogP contribution in [-0.4, -0.2) is 19.5 Å². The predicted molar refractivity (Wildman–Crippen MR) is 80.7 cm³/mol. The Bertz CT molecular complexity index is 806. The number of benzene rings is 2. The molecule has 0 spiro atoms. The number of nitrogens with one attached hydrogen (secondary N) is 1. The molecule has 2 aromatic carbocycles. The van der Waals surface area contributed by atoms with Crippen molar-refractivity contribution >= 4 is 44.9 Å². The average molecular weight is 346 g/mol. The first-order valence-corrected chi connectivity index (χ1v) is 7.85. The second-order valence-electron chi connectivity index (χ2n) is 4.07. The first-order chi connectivity index (χ1) is 9.79. The first kappa shape index (κ1) is 15.6. The largest absolute Gasteiger partial charge is 0.478 e. The number of rotatable bonds is 4. The van der Waals surface area contributed by atoms with E-state index in [2.05, 4.69) is 4.72 Å². The first-order valence-electron chi connectivity index (χ1n) is 5.61. The van der Waals surface area contributed by atoms with E-state index < -0.39 is 16.0 Å². The van der Waals surface area contributed by atoms with Crippen LogP contribution in [0, 0.1) is 0 Å². The molecule has 0 bridgehead atoms. The van der Waals surface area contributed by atoms with Gasteiger partial charge >= 0.3 is 5.97 Å². The molecule has 0 saturated carbocycles. The summed E-state index contributed by atoms with van der Waals surface area (Å²) in [6.45, 7) is 0. The zero-order chi connectivity index (χ0) is 15.6. The second kappa shape index (κ2) is 5.93. The third kappa shape index (κ3) is 3.66. The van der Waals surface area contributed by atoms with E-state index in [4.69, 9.17) is 28.3 Å². The summed E-state index contributed by atoms with van der Waals surface area (Å²) in [5.74, 6) is -1.16. The molecule has 0 atom stereocenters. The quantitative estimate of drug-likeness (QED) is 0.888. The highest BCUT2D eigenvalue weighted by atomic mass is 35.5. The van der Waals surface area contributed by atoms with Crippen LogP contribution >= 0.6 is 23.2 Å². The van der Waals surface area contributed by atoms with E-state index in [9.17, 15) is 13.2 Å². The number of anilines is 1. The molecule has 0 amide bonds. The number of sulfonamides is 1. The Kier molecular flexibility index (Phi) is 4.41. The summed E-state index contributed by atoms with van der Waals surface area (Å²) in [6, 6.07) is 9.47. The minimum Gasteiger partial charge on any atom is -0.478 e. The van der Waals surface area contributed by atoms with Crippen LogP contribution in [0.2, 0.25) is 10.0 Å². The van der Waals surface area contributed by atoms with Crippen LogP contribution in [0.5, 0.6) is 0 Å². The van der Waals surface area contributed by atoms with Gasteiger partial charge in [-0.1, -0.05) is 29.3 Å². The fourth-order valence-electron chi connectivity index (χ4n) is 1.61. The maximum Gasteiger partial charge on any atom is 0.335 e. The number of carboxylic acids is 1. The molecule has 2 rings (SSSR count). The fourth-order valence-corrected chi connectivity index (χ4v) is 3.42. The highest BCUT2D eigenvalue weighted by Crippen LogP contribution is 2.27. The second-order valence-corrected chi connectivity index (χ2v) is 6.56. The zero-order valence-electron chi connectivity index (χ0n) is 10.4. The van der Waals surface area contributed by atoms with Crippen LogP contribution in [0.3, 0.4) is 0 Å². The van der Waals surface area contributed by atoms with E-state index in [0.29, 0.717) is 0 Å². The van der Waals surface area contributed by atoms with Gasteiger partial charge in [-0.25, -0.2) is 13.2 Å². The molecule has 5 nitrogen and oxygen atoms in total. The van der Waals surface area contributed by atoms with Gasteiger partial charge in [-0.2, -0.15) is 0 Å². The molecule has 0 aromatic heterocycles. The lowest BCUT2D eigenvalue weighted by Gasteiger charge is -2.10. The Balaban J connectivity index is 2.40. The fraction of sp³-hybridized carbons (Fsp3) is 0. The van der Waals surface area contributed by atoms with Crippen LogP contribution in [0.4, 0.5) is 5.69 Å². The van der Waals surface area contributed by atoms with Gasteiger partial charge in [0.15, 0.2) is 0 Å². The molecule has 0 aliphatic rings.